The van der Waals surface area contributed by atoms with E-state index in [-0.39, 0.29) is 0 Å². The van der Waals surface area contributed by atoms with Gasteiger partial charge in [-0.2, -0.15) is 0 Å². The molecule has 0 aliphatic heterocycles. The second-order valence-electron chi connectivity index (χ2n) is 3.67. The monoisotopic (exact) mass is 237 g/mol. The summed E-state index contributed by atoms with van der Waals surface area (Å²) < 4.78 is 8.17. The van der Waals surface area contributed by atoms with Crippen molar-refractivity contribution in [1.82, 2.24) is 9.66 Å². The number of H-pyrrole nitrogens is 1. The predicted octanol–water partition coefficient (Wildman–Crippen LogP) is 2.30. The van der Waals surface area contributed by atoms with E-state index in [4.69, 9.17) is 17.0 Å². The normalized spacial score (nSPS) is 10.7. The van der Waals surface area contributed by atoms with Gasteiger partial charge in [0.2, 0.25) is 0 Å². The molecule has 1 aromatic heterocycles. The van der Waals surface area contributed by atoms with E-state index in [0.717, 1.165) is 16.8 Å². The average Bonchev–Trinajstić information content (AvgIpc) is 2.55. The highest BCUT2D eigenvalue weighted by atomic mass is 32.1. The number of aromatic amines is 1. The molecular weight excluding hydrogens is 222 g/mol. The topological polar surface area (TPSA) is 33.2 Å². The Bertz CT molecular complexity index is 556. The van der Waals surface area contributed by atoms with E-state index in [1.54, 1.807) is 0 Å². The number of hydrogen-bond donors (Lipinski definition) is 1. The zero-order chi connectivity index (χ0) is 11.7. The van der Waals surface area contributed by atoms with Gasteiger partial charge < -0.3 is 14.7 Å². The molecule has 4 nitrogen and oxygen atoms in total. The van der Waals surface area contributed by atoms with Crippen molar-refractivity contribution in [3.8, 4) is 5.75 Å². The molecule has 0 atom stereocenters. The summed E-state index contributed by atoms with van der Waals surface area (Å²) in [4.78, 5) is 3.17. The fraction of sp³-hybridized carbons (Fsp3) is 0.364. The maximum Gasteiger partial charge on any atom is 0.197 e. The number of nitrogens with zero attached hydrogens (tertiary/aromatic N) is 2. The molecule has 16 heavy (non-hydrogen) atoms. The first-order chi connectivity index (χ1) is 7.65. The van der Waals surface area contributed by atoms with E-state index in [9.17, 15) is 0 Å². The van der Waals surface area contributed by atoms with Gasteiger partial charge in [0, 0.05) is 14.1 Å². The van der Waals surface area contributed by atoms with E-state index in [2.05, 4.69) is 4.98 Å². The lowest BCUT2D eigenvalue weighted by molar-refractivity contribution is 0.343. The van der Waals surface area contributed by atoms with Crippen LogP contribution in [-0.4, -0.2) is 30.4 Å². The number of ether oxygens (including phenoxy) is 1. The Hall–Kier alpha value is -1.49. The smallest absolute Gasteiger partial charge is 0.197 e. The first-order valence-electron chi connectivity index (χ1n) is 5.19. The maximum atomic E-state index is 5.56. The van der Waals surface area contributed by atoms with Crippen LogP contribution in [0.5, 0.6) is 5.75 Å². The second-order valence-corrected chi connectivity index (χ2v) is 4.06. The van der Waals surface area contributed by atoms with Crippen molar-refractivity contribution in [2.45, 2.75) is 6.92 Å². The summed E-state index contributed by atoms with van der Waals surface area (Å²) in [6.07, 6.45) is 0. The lowest BCUT2D eigenvalue weighted by Gasteiger charge is -2.14. The van der Waals surface area contributed by atoms with Gasteiger partial charge in [-0.1, -0.05) is 6.07 Å². The molecule has 2 aromatic rings. The van der Waals surface area contributed by atoms with Crippen molar-refractivity contribution < 1.29 is 4.74 Å². The first kappa shape index (κ1) is 11.0. The molecule has 0 unspecified atom stereocenters. The summed E-state index contributed by atoms with van der Waals surface area (Å²) in [6.45, 7) is 2.61. The summed E-state index contributed by atoms with van der Waals surface area (Å²) in [6, 6.07) is 5.93. The minimum Gasteiger partial charge on any atom is -0.492 e. The summed E-state index contributed by atoms with van der Waals surface area (Å²) in [5.74, 6) is 0.840. The molecular formula is C11H15N3OS. The van der Waals surface area contributed by atoms with Crippen molar-refractivity contribution in [2.24, 2.45) is 0 Å². The third-order valence-electron chi connectivity index (χ3n) is 2.36. The Morgan fingerprint density at radius 2 is 2.19 bits per heavy atom. The molecule has 0 spiro atoms. The minimum atomic E-state index is 0.646. The molecule has 0 saturated heterocycles. The Morgan fingerprint density at radius 1 is 1.44 bits per heavy atom. The standard InChI is InChI=1S/C11H15N3OS/c1-4-15-9-7-5-6-8-10(9)12-11(16)14(8)13(2)3/h5-7H,4H2,1-3H3,(H,12,16). The molecule has 5 heteroatoms. The molecule has 0 radical (unpaired) electrons. The van der Waals surface area contributed by atoms with Crippen LogP contribution in [0.1, 0.15) is 6.92 Å². The van der Waals surface area contributed by atoms with Gasteiger partial charge in [-0.05, 0) is 31.3 Å². The molecule has 2 rings (SSSR count). The third-order valence-corrected chi connectivity index (χ3v) is 2.63. The van der Waals surface area contributed by atoms with Crippen molar-refractivity contribution >= 4 is 23.3 Å². The summed E-state index contributed by atoms with van der Waals surface area (Å²) in [5, 5.41) is 1.94. The van der Waals surface area contributed by atoms with Gasteiger partial charge >= 0.3 is 0 Å². The molecule has 1 aromatic carbocycles. The highest BCUT2D eigenvalue weighted by Crippen LogP contribution is 2.24. The van der Waals surface area contributed by atoms with Crippen LogP contribution >= 0.6 is 12.2 Å². The number of rotatable bonds is 3. The van der Waals surface area contributed by atoms with Crippen LogP contribution in [0.3, 0.4) is 0 Å². The summed E-state index contributed by atoms with van der Waals surface area (Å²) in [5.41, 5.74) is 1.98. The van der Waals surface area contributed by atoms with Crippen LogP contribution in [0.2, 0.25) is 0 Å². The minimum absolute atomic E-state index is 0.646. The molecule has 1 heterocycles. The Morgan fingerprint density at radius 3 is 2.81 bits per heavy atom. The van der Waals surface area contributed by atoms with Gasteiger partial charge in [0.1, 0.15) is 11.3 Å². The van der Waals surface area contributed by atoms with E-state index >= 15 is 0 Å². The van der Waals surface area contributed by atoms with E-state index in [1.165, 1.54) is 0 Å². The van der Waals surface area contributed by atoms with Crippen LogP contribution in [0.4, 0.5) is 0 Å². The third kappa shape index (κ3) is 1.67. The molecule has 0 aliphatic carbocycles. The predicted molar refractivity (Wildman–Crippen MR) is 68.4 cm³/mol. The van der Waals surface area contributed by atoms with E-state index < -0.39 is 0 Å². The SMILES string of the molecule is CCOc1cccc2c1[nH]c(=S)n2N(C)C. The highest BCUT2D eigenvalue weighted by molar-refractivity contribution is 7.71. The van der Waals surface area contributed by atoms with Crippen molar-refractivity contribution in [2.75, 3.05) is 25.7 Å². The second kappa shape index (κ2) is 4.17. The zero-order valence-corrected chi connectivity index (χ0v) is 10.5. The fourth-order valence-corrected chi connectivity index (χ4v) is 2.13. The summed E-state index contributed by atoms with van der Waals surface area (Å²) >= 11 is 5.28. The fourth-order valence-electron chi connectivity index (χ4n) is 1.76. The summed E-state index contributed by atoms with van der Waals surface area (Å²) in [7, 11) is 3.91. The average molecular weight is 237 g/mol. The highest BCUT2D eigenvalue weighted by Gasteiger charge is 2.09. The number of fused-ring (bicyclic) bond motifs is 1. The molecule has 0 aliphatic rings. The zero-order valence-electron chi connectivity index (χ0n) is 9.65. The van der Waals surface area contributed by atoms with E-state index in [0.29, 0.717) is 11.4 Å². The molecule has 0 amide bonds. The van der Waals surface area contributed by atoms with Crippen molar-refractivity contribution in [3.63, 3.8) is 0 Å². The van der Waals surface area contributed by atoms with Gasteiger partial charge in [0.05, 0.1) is 12.1 Å². The van der Waals surface area contributed by atoms with Crippen LogP contribution in [-0.2, 0) is 0 Å². The lowest BCUT2D eigenvalue weighted by atomic mass is 10.3. The van der Waals surface area contributed by atoms with Crippen LogP contribution in [0.25, 0.3) is 11.0 Å². The van der Waals surface area contributed by atoms with Gasteiger partial charge in [0.25, 0.3) is 0 Å². The number of benzene rings is 1. The first-order valence-corrected chi connectivity index (χ1v) is 5.60. The number of aromatic nitrogens is 2. The Balaban J connectivity index is 2.73. The van der Waals surface area contributed by atoms with Gasteiger partial charge in [-0.3, -0.25) is 0 Å². The quantitative estimate of drug-likeness (QED) is 0.832. The molecule has 1 N–H and O–H groups in total. The van der Waals surface area contributed by atoms with E-state index in [1.807, 2.05) is 48.9 Å². The largest absolute Gasteiger partial charge is 0.492 e. The maximum absolute atomic E-state index is 5.56. The molecule has 0 bridgehead atoms. The Kier molecular flexibility index (Phi) is 2.87. The van der Waals surface area contributed by atoms with Crippen LogP contribution in [0.15, 0.2) is 18.2 Å². The number of para-hydroxylation sites is 1. The van der Waals surface area contributed by atoms with Gasteiger partial charge in [-0.25, -0.2) is 4.68 Å². The number of imidazole rings is 1. The number of nitrogens with one attached hydrogen (secondary N) is 1. The Labute approximate surface area is 99.4 Å². The van der Waals surface area contributed by atoms with Crippen LogP contribution < -0.4 is 9.75 Å². The molecule has 0 saturated carbocycles. The molecule has 86 valence electrons. The molecule has 0 fully saturated rings. The van der Waals surface area contributed by atoms with Gasteiger partial charge in [-0.15, -0.1) is 0 Å². The van der Waals surface area contributed by atoms with Gasteiger partial charge in [0.15, 0.2) is 4.77 Å². The van der Waals surface area contributed by atoms with Crippen molar-refractivity contribution in [1.29, 1.82) is 0 Å². The lowest BCUT2D eigenvalue weighted by Crippen LogP contribution is -2.24. The van der Waals surface area contributed by atoms with Crippen LogP contribution in [0, 0.1) is 4.77 Å². The van der Waals surface area contributed by atoms with Crippen molar-refractivity contribution in [3.05, 3.63) is 23.0 Å². The number of hydrogen-bond acceptors (Lipinski definition) is 3.